The Kier molecular flexibility index (Phi) is 3.20. The highest BCUT2D eigenvalue weighted by atomic mass is 19.4. The van der Waals surface area contributed by atoms with Crippen LogP contribution < -0.4 is 0 Å². The second-order valence-corrected chi connectivity index (χ2v) is 3.99. The number of hydrogen-bond acceptors (Lipinski definition) is 2. The SMILES string of the molecule is O=C(c1ccc[nH]1)[C@@](O)(c1ccccc1)C(F)(F)F. The summed E-state index contributed by atoms with van der Waals surface area (Å²) in [5.74, 6) is -1.43. The fourth-order valence-corrected chi connectivity index (χ4v) is 1.77. The van der Waals surface area contributed by atoms with Crippen molar-refractivity contribution in [1.82, 2.24) is 4.98 Å². The molecule has 0 aliphatic heterocycles. The number of H-pyrrole nitrogens is 1. The molecule has 1 aromatic carbocycles. The predicted octanol–water partition coefficient (Wildman–Crippen LogP) is 2.65. The van der Waals surface area contributed by atoms with Crippen LogP contribution in [0.15, 0.2) is 48.7 Å². The van der Waals surface area contributed by atoms with E-state index in [0.29, 0.717) is 0 Å². The number of aromatic amines is 1. The number of hydrogen-bond donors (Lipinski definition) is 2. The zero-order valence-electron chi connectivity index (χ0n) is 9.61. The Morgan fingerprint density at radius 3 is 2.16 bits per heavy atom. The number of Topliss-reactive ketones (excluding diaryl/α,β-unsaturated/α-hetero) is 1. The van der Waals surface area contributed by atoms with E-state index in [4.69, 9.17) is 0 Å². The Bertz CT molecular complexity index is 563. The third kappa shape index (κ3) is 2.15. The second kappa shape index (κ2) is 4.55. The van der Waals surface area contributed by atoms with E-state index >= 15 is 0 Å². The largest absolute Gasteiger partial charge is 0.429 e. The number of nitrogens with one attached hydrogen (secondary N) is 1. The smallest absolute Gasteiger partial charge is 0.370 e. The highest BCUT2D eigenvalue weighted by Gasteiger charge is 2.60. The molecule has 0 bridgehead atoms. The third-order valence-electron chi connectivity index (χ3n) is 2.77. The van der Waals surface area contributed by atoms with E-state index in [2.05, 4.69) is 4.98 Å². The van der Waals surface area contributed by atoms with Gasteiger partial charge < -0.3 is 10.1 Å². The highest BCUT2D eigenvalue weighted by molar-refractivity contribution is 6.02. The maximum atomic E-state index is 13.1. The monoisotopic (exact) mass is 269 g/mol. The fourth-order valence-electron chi connectivity index (χ4n) is 1.77. The molecule has 2 aromatic rings. The number of alkyl halides is 3. The minimum atomic E-state index is -5.11. The van der Waals surface area contributed by atoms with Crippen LogP contribution in [0.4, 0.5) is 13.2 Å². The van der Waals surface area contributed by atoms with Gasteiger partial charge in [-0.3, -0.25) is 4.79 Å². The van der Waals surface area contributed by atoms with Crippen molar-refractivity contribution in [1.29, 1.82) is 0 Å². The third-order valence-corrected chi connectivity index (χ3v) is 2.77. The minimum Gasteiger partial charge on any atom is -0.370 e. The number of halogens is 3. The molecule has 6 heteroatoms. The van der Waals surface area contributed by atoms with Gasteiger partial charge in [0.15, 0.2) is 0 Å². The van der Waals surface area contributed by atoms with Gasteiger partial charge in [0.25, 0.3) is 5.60 Å². The quantitative estimate of drug-likeness (QED) is 0.842. The van der Waals surface area contributed by atoms with Crippen LogP contribution in [0.5, 0.6) is 0 Å². The van der Waals surface area contributed by atoms with Crippen LogP contribution in [0.1, 0.15) is 16.1 Å². The molecule has 1 heterocycles. The lowest BCUT2D eigenvalue weighted by Gasteiger charge is -2.29. The lowest BCUT2D eigenvalue weighted by Crippen LogP contribution is -2.49. The number of ketones is 1. The molecule has 0 aliphatic carbocycles. The molecule has 0 fully saturated rings. The van der Waals surface area contributed by atoms with Gasteiger partial charge in [-0.25, -0.2) is 0 Å². The topological polar surface area (TPSA) is 53.1 Å². The first-order valence-electron chi connectivity index (χ1n) is 5.40. The zero-order valence-corrected chi connectivity index (χ0v) is 9.61. The first kappa shape index (κ1) is 13.4. The van der Waals surface area contributed by atoms with E-state index in [1.807, 2.05) is 0 Å². The van der Waals surface area contributed by atoms with Crippen molar-refractivity contribution in [3.8, 4) is 0 Å². The van der Waals surface area contributed by atoms with Crippen LogP contribution in [0.25, 0.3) is 0 Å². The lowest BCUT2D eigenvalue weighted by atomic mass is 9.87. The summed E-state index contributed by atoms with van der Waals surface area (Å²) in [7, 11) is 0. The number of carbonyl (C=O) groups is 1. The Hall–Kier alpha value is -2.08. The van der Waals surface area contributed by atoms with Crippen LogP contribution in [0.2, 0.25) is 0 Å². The summed E-state index contributed by atoms with van der Waals surface area (Å²) >= 11 is 0. The molecule has 0 saturated heterocycles. The molecule has 3 nitrogen and oxygen atoms in total. The maximum absolute atomic E-state index is 13.1. The number of aliphatic hydroxyl groups is 1. The Morgan fingerprint density at radius 1 is 1.05 bits per heavy atom. The van der Waals surface area contributed by atoms with Gasteiger partial charge in [-0.15, -0.1) is 0 Å². The van der Waals surface area contributed by atoms with E-state index in [0.717, 1.165) is 12.1 Å². The molecule has 100 valence electrons. The van der Waals surface area contributed by atoms with Gasteiger partial charge in [-0.05, 0) is 12.1 Å². The molecular formula is C13H10F3NO2. The zero-order chi connectivity index (χ0) is 14.1. The molecule has 2 N–H and O–H groups in total. The van der Waals surface area contributed by atoms with Crippen molar-refractivity contribution in [3.63, 3.8) is 0 Å². The van der Waals surface area contributed by atoms with E-state index in [1.165, 1.54) is 36.5 Å². The van der Waals surface area contributed by atoms with Crippen molar-refractivity contribution in [2.24, 2.45) is 0 Å². The summed E-state index contributed by atoms with van der Waals surface area (Å²) in [6.07, 6.45) is -3.80. The van der Waals surface area contributed by atoms with Gasteiger partial charge in [0.1, 0.15) is 0 Å². The molecule has 0 radical (unpaired) electrons. The molecule has 0 spiro atoms. The van der Waals surface area contributed by atoms with Crippen molar-refractivity contribution >= 4 is 5.78 Å². The van der Waals surface area contributed by atoms with Gasteiger partial charge in [0.05, 0.1) is 5.69 Å². The van der Waals surface area contributed by atoms with Crippen molar-refractivity contribution in [2.75, 3.05) is 0 Å². The van der Waals surface area contributed by atoms with Crippen LogP contribution in [0, 0.1) is 0 Å². The summed E-state index contributed by atoms with van der Waals surface area (Å²) in [6, 6.07) is 8.85. The lowest BCUT2D eigenvalue weighted by molar-refractivity contribution is -0.242. The van der Waals surface area contributed by atoms with Crippen molar-refractivity contribution in [2.45, 2.75) is 11.8 Å². The Labute approximate surface area is 106 Å². The first-order valence-corrected chi connectivity index (χ1v) is 5.40. The number of aromatic nitrogens is 1. The van der Waals surface area contributed by atoms with E-state index in [1.54, 1.807) is 0 Å². The van der Waals surface area contributed by atoms with Crippen LogP contribution in [-0.2, 0) is 5.60 Å². The first-order chi connectivity index (χ1) is 8.87. The molecule has 2 rings (SSSR count). The van der Waals surface area contributed by atoms with Crippen molar-refractivity contribution in [3.05, 3.63) is 59.9 Å². The average molecular weight is 269 g/mol. The molecule has 0 unspecified atom stereocenters. The van der Waals surface area contributed by atoms with Gasteiger partial charge in [-0.1, -0.05) is 30.3 Å². The van der Waals surface area contributed by atoms with E-state index in [-0.39, 0.29) is 5.69 Å². The summed E-state index contributed by atoms with van der Waals surface area (Å²) in [5.41, 5.74) is -4.37. The minimum absolute atomic E-state index is 0.302. The maximum Gasteiger partial charge on any atom is 0.429 e. The van der Waals surface area contributed by atoms with Crippen LogP contribution >= 0.6 is 0 Å². The molecule has 1 atom stereocenters. The van der Waals surface area contributed by atoms with Gasteiger partial charge >= 0.3 is 6.18 Å². The van der Waals surface area contributed by atoms with E-state index in [9.17, 15) is 23.1 Å². The second-order valence-electron chi connectivity index (χ2n) is 3.99. The van der Waals surface area contributed by atoms with Crippen LogP contribution in [0.3, 0.4) is 0 Å². The average Bonchev–Trinajstić information content (AvgIpc) is 2.90. The van der Waals surface area contributed by atoms with Crippen molar-refractivity contribution < 1.29 is 23.1 Å². The standard InChI is InChI=1S/C13H10F3NO2/c14-13(15,16)12(19,9-5-2-1-3-6-9)11(18)10-7-4-8-17-10/h1-8,17,19H/t12-/m0/s1. The Morgan fingerprint density at radius 2 is 1.68 bits per heavy atom. The molecule has 0 saturated carbocycles. The fraction of sp³-hybridized carbons (Fsp3) is 0.154. The van der Waals surface area contributed by atoms with E-state index < -0.39 is 23.1 Å². The number of rotatable bonds is 3. The van der Waals surface area contributed by atoms with Gasteiger partial charge in [0, 0.05) is 11.8 Å². The number of carbonyl (C=O) groups excluding carboxylic acids is 1. The highest BCUT2D eigenvalue weighted by Crippen LogP contribution is 2.41. The molecule has 19 heavy (non-hydrogen) atoms. The normalized spacial score (nSPS) is 14.9. The van der Waals surface area contributed by atoms with Gasteiger partial charge in [-0.2, -0.15) is 13.2 Å². The molecule has 0 amide bonds. The summed E-state index contributed by atoms with van der Waals surface area (Å²) in [6.45, 7) is 0. The summed E-state index contributed by atoms with van der Waals surface area (Å²) in [5, 5.41) is 9.96. The molecule has 0 aliphatic rings. The summed E-state index contributed by atoms with van der Waals surface area (Å²) in [4.78, 5) is 14.3. The number of benzene rings is 1. The predicted molar refractivity (Wildman–Crippen MR) is 61.5 cm³/mol. The van der Waals surface area contributed by atoms with Gasteiger partial charge in [0.2, 0.25) is 5.78 Å². The molecule has 1 aromatic heterocycles. The summed E-state index contributed by atoms with van der Waals surface area (Å²) < 4.78 is 39.4. The van der Waals surface area contributed by atoms with Crippen LogP contribution in [-0.4, -0.2) is 22.1 Å². The Balaban J connectivity index is 2.57. The molecular weight excluding hydrogens is 259 g/mol.